The molecule has 110 valence electrons. The average Bonchev–Trinajstić information content (AvgIpc) is 2.58. The number of nitrogens with zero attached hydrogens (tertiary/aromatic N) is 1. The summed E-state index contributed by atoms with van der Waals surface area (Å²) in [6.07, 6.45) is 2.36. The molecule has 0 bridgehead atoms. The summed E-state index contributed by atoms with van der Waals surface area (Å²) in [6, 6.07) is 7.80. The van der Waals surface area contributed by atoms with Crippen LogP contribution < -0.4 is 5.73 Å². The molecule has 1 heterocycles. The summed E-state index contributed by atoms with van der Waals surface area (Å²) < 4.78 is 0.291. The molecular formula is C16H24N2OS. The fourth-order valence-corrected chi connectivity index (χ4v) is 3.53. The second kappa shape index (κ2) is 6.53. The summed E-state index contributed by atoms with van der Waals surface area (Å²) in [5.41, 5.74) is 7.78. The Hall–Kier alpha value is -1.16. The highest BCUT2D eigenvalue weighted by atomic mass is 32.2. The van der Waals surface area contributed by atoms with E-state index in [2.05, 4.69) is 13.8 Å². The van der Waals surface area contributed by atoms with Gasteiger partial charge in [0.05, 0.1) is 0 Å². The number of carbonyl (C=O) groups excluding carboxylic acids is 1. The third kappa shape index (κ3) is 4.17. The van der Waals surface area contributed by atoms with Crippen LogP contribution in [0, 0.1) is 0 Å². The van der Waals surface area contributed by atoms with E-state index in [0.717, 1.165) is 42.9 Å². The van der Waals surface area contributed by atoms with Gasteiger partial charge >= 0.3 is 0 Å². The SMILES string of the molecule is CC1(C)CCN(C(=O)CCc2ccccc2N)CCS1. The first-order valence-corrected chi connectivity index (χ1v) is 8.22. The minimum Gasteiger partial charge on any atom is -0.399 e. The van der Waals surface area contributed by atoms with Crippen LogP contribution in [0.15, 0.2) is 24.3 Å². The maximum atomic E-state index is 12.3. The lowest BCUT2D eigenvalue weighted by Crippen LogP contribution is -2.33. The van der Waals surface area contributed by atoms with Crippen molar-refractivity contribution in [1.29, 1.82) is 0 Å². The van der Waals surface area contributed by atoms with Gasteiger partial charge in [0.25, 0.3) is 0 Å². The number of hydrogen-bond acceptors (Lipinski definition) is 3. The van der Waals surface area contributed by atoms with Crippen molar-refractivity contribution in [2.24, 2.45) is 0 Å². The first-order chi connectivity index (χ1) is 9.48. The Kier molecular flexibility index (Phi) is 4.97. The summed E-state index contributed by atoms with van der Waals surface area (Å²) in [5, 5.41) is 0. The van der Waals surface area contributed by atoms with E-state index in [1.165, 1.54) is 0 Å². The molecule has 2 rings (SSSR count). The van der Waals surface area contributed by atoms with Gasteiger partial charge in [0.1, 0.15) is 0 Å². The lowest BCUT2D eigenvalue weighted by atomic mass is 10.1. The maximum absolute atomic E-state index is 12.3. The highest BCUT2D eigenvalue weighted by Gasteiger charge is 2.25. The van der Waals surface area contributed by atoms with E-state index in [9.17, 15) is 4.79 Å². The summed E-state index contributed by atoms with van der Waals surface area (Å²) >= 11 is 1.97. The Balaban J connectivity index is 1.87. The molecule has 0 radical (unpaired) electrons. The number of carbonyl (C=O) groups is 1. The van der Waals surface area contributed by atoms with Crippen molar-refractivity contribution in [3.63, 3.8) is 0 Å². The molecule has 2 N–H and O–H groups in total. The quantitative estimate of drug-likeness (QED) is 0.871. The molecule has 0 aromatic heterocycles. The van der Waals surface area contributed by atoms with Crippen LogP contribution in [0.3, 0.4) is 0 Å². The Morgan fingerprint density at radius 3 is 2.85 bits per heavy atom. The fourth-order valence-electron chi connectivity index (χ4n) is 2.43. The van der Waals surface area contributed by atoms with Gasteiger partial charge in [-0.15, -0.1) is 0 Å². The van der Waals surface area contributed by atoms with E-state index < -0.39 is 0 Å². The molecule has 1 saturated heterocycles. The molecule has 0 unspecified atom stereocenters. The van der Waals surface area contributed by atoms with Crippen LogP contribution in [-0.4, -0.2) is 34.4 Å². The number of benzene rings is 1. The second-order valence-electron chi connectivity index (χ2n) is 5.94. The minimum atomic E-state index is 0.256. The van der Waals surface area contributed by atoms with E-state index in [1.54, 1.807) is 0 Å². The van der Waals surface area contributed by atoms with Crippen LogP contribution >= 0.6 is 11.8 Å². The third-order valence-corrected chi connectivity index (χ3v) is 5.23. The van der Waals surface area contributed by atoms with Gasteiger partial charge in [0.2, 0.25) is 5.91 Å². The number of rotatable bonds is 3. The molecule has 0 aliphatic carbocycles. The predicted molar refractivity (Wildman–Crippen MR) is 86.9 cm³/mol. The monoisotopic (exact) mass is 292 g/mol. The lowest BCUT2D eigenvalue weighted by Gasteiger charge is -2.22. The van der Waals surface area contributed by atoms with Crippen molar-refractivity contribution >= 4 is 23.4 Å². The zero-order valence-electron chi connectivity index (χ0n) is 12.4. The van der Waals surface area contributed by atoms with Crippen molar-refractivity contribution < 1.29 is 4.79 Å². The van der Waals surface area contributed by atoms with E-state index in [1.807, 2.05) is 40.9 Å². The zero-order chi connectivity index (χ0) is 14.6. The Morgan fingerprint density at radius 2 is 2.10 bits per heavy atom. The van der Waals surface area contributed by atoms with Gasteiger partial charge in [-0.05, 0) is 24.5 Å². The molecular weight excluding hydrogens is 268 g/mol. The van der Waals surface area contributed by atoms with Crippen molar-refractivity contribution in [3.8, 4) is 0 Å². The summed E-state index contributed by atoms with van der Waals surface area (Å²) in [7, 11) is 0. The molecule has 3 nitrogen and oxygen atoms in total. The van der Waals surface area contributed by atoms with E-state index in [0.29, 0.717) is 11.2 Å². The molecule has 1 aromatic rings. The molecule has 1 aliphatic rings. The number of para-hydroxylation sites is 1. The van der Waals surface area contributed by atoms with Gasteiger partial charge in [0.15, 0.2) is 0 Å². The average molecular weight is 292 g/mol. The first kappa shape index (κ1) is 15.2. The summed E-state index contributed by atoms with van der Waals surface area (Å²) in [6.45, 7) is 6.27. The number of aryl methyl sites for hydroxylation is 1. The minimum absolute atomic E-state index is 0.256. The van der Waals surface area contributed by atoms with Gasteiger partial charge in [-0.1, -0.05) is 32.0 Å². The number of anilines is 1. The number of amides is 1. The largest absolute Gasteiger partial charge is 0.399 e. The first-order valence-electron chi connectivity index (χ1n) is 7.23. The number of hydrogen-bond donors (Lipinski definition) is 1. The van der Waals surface area contributed by atoms with Gasteiger partial charge < -0.3 is 10.6 Å². The molecule has 1 aliphatic heterocycles. The Morgan fingerprint density at radius 1 is 1.35 bits per heavy atom. The van der Waals surface area contributed by atoms with Crippen molar-refractivity contribution in [2.45, 2.75) is 37.9 Å². The van der Waals surface area contributed by atoms with Crippen LogP contribution in [0.25, 0.3) is 0 Å². The number of nitrogen functional groups attached to an aromatic ring is 1. The maximum Gasteiger partial charge on any atom is 0.222 e. The normalized spacial score (nSPS) is 18.6. The third-order valence-electron chi connectivity index (χ3n) is 3.85. The molecule has 0 spiro atoms. The highest BCUT2D eigenvalue weighted by molar-refractivity contribution is 8.00. The molecule has 1 fully saturated rings. The van der Waals surface area contributed by atoms with Crippen LogP contribution in [0.5, 0.6) is 0 Å². The molecule has 1 aromatic carbocycles. The molecule has 1 amide bonds. The predicted octanol–water partition coefficient (Wildman–Crippen LogP) is 2.95. The molecule has 4 heteroatoms. The van der Waals surface area contributed by atoms with Gasteiger partial charge in [-0.2, -0.15) is 11.8 Å². The molecule has 0 saturated carbocycles. The van der Waals surface area contributed by atoms with Crippen LogP contribution in [-0.2, 0) is 11.2 Å². The fraction of sp³-hybridized carbons (Fsp3) is 0.562. The number of nitrogens with two attached hydrogens (primary N) is 1. The van der Waals surface area contributed by atoms with Crippen molar-refractivity contribution in [3.05, 3.63) is 29.8 Å². The van der Waals surface area contributed by atoms with E-state index >= 15 is 0 Å². The van der Waals surface area contributed by atoms with Gasteiger partial charge in [-0.3, -0.25) is 4.79 Å². The summed E-state index contributed by atoms with van der Waals surface area (Å²) in [5.74, 6) is 1.29. The highest BCUT2D eigenvalue weighted by Crippen LogP contribution is 2.30. The molecule has 20 heavy (non-hydrogen) atoms. The molecule has 0 atom stereocenters. The van der Waals surface area contributed by atoms with E-state index in [-0.39, 0.29) is 5.91 Å². The second-order valence-corrected chi connectivity index (χ2v) is 7.74. The topological polar surface area (TPSA) is 46.3 Å². The van der Waals surface area contributed by atoms with Crippen molar-refractivity contribution in [2.75, 3.05) is 24.6 Å². The van der Waals surface area contributed by atoms with Crippen LogP contribution in [0.4, 0.5) is 5.69 Å². The standard InChI is InChI=1S/C16H24N2OS/c1-16(2)9-10-18(11-12-20-16)15(19)8-7-13-5-3-4-6-14(13)17/h3-6H,7-12,17H2,1-2H3. The zero-order valence-corrected chi connectivity index (χ0v) is 13.2. The van der Waals surface area contributed by atoms with Crippen molar-refractivity contribution in [1.82, 2.24) is 4.90 Å². The smallest absolute Gasteiger partial charge is 0.222 e. The number of thioether (sulfide) groups is 1. The summed E-state index contributed by atoms with van der Waals surface area (Å²) in [4.78, 5) is 14.3. The van der Waals surface area contributed by atoms with Crippen LogP contribution in [0.1, 0.15) is 32.3 Å². The lowest BCUT2D eigenvalue weighted by molar-refractivity contribution is -0.130. The van der Waals surface area contributed by atoms with Gasteiger partial charge in [0, 0.05) is 35.7 Å². The Labute approximate surface area is 125 Å². The van der Waals surface area contributed by atoms with Gasteiger partial charge in [-0.25, -0.2) is 0 Å². The Bertz CT molecular complexity index is 473. The van der Waals surface area contributed by atoms with E-state index in [4.69, 9.17) is 5.73 Å². The van der Waals surface area contributed by atoms with Crippen LogP contribution in [0.2, 0.25) is 0 Å².